The molecule has 4 aromatic rings. The lowest BCUT2D eigenvalue weighted by Gasteiger charge is -2.21. The smallest absolute Gasteiger partial charge is 0.352 e. The number of tetrazole rings is 1. The number of carbonyl (C=O) groups excluding carboxylic acids is 1. The SMILES string of the molecule is CCCN(Cc1ccc(-c2ccccc2-c2nn[nH]n2)cc1)c1nc(CON=CC(=O)OCC)cs1. The van der Waals surface area contributed by atoms with E-state index >= 15 is 0 Å². The number of H-pyrrole nitrogens is 1. The Morgan fingerprint density at radius 3 is 2.67 bits per heavy atom. The monoisotopic (exact) mass is 505 g/mol. The predicted molar refractivity (Wildman–Crippen MR) is 138 cm³/mol. The lowest BCUT2D eigenvalue weighted by Crippen LogP contribution is -2.23. The van der Waals surface area contributed by atoms with E-state index in [1.54, 1.807) is 18.3 Å². The largest absolute Gasteiger partial charge is 0.462 e. The lowest BCUT2D eigenvalue weighted by molar-refractivity contribution is -0.134. The lowest BCUT2D eigenvalue weighted by atomic mass is 9.98. The maximum atomic E-state index is 11.3. The van der Waals surface area contributed by atoms with Crippen LogP contribution in [-0.4, -0.2) is 50.9 Å². The Morgan fingerprint density at radius 1 is 1.14 bits per heavy atom. The molecule has 0 amide bonds. The molecule has 11 heteroatoms. The second-order valence-electron chi connectivity index (χ2n) is 7.78. The van der Waals surface area contributed by atoms with Crippen molar-refractivity contribution in [2.45, 2.75) is 33.4 Å². The molecule has 0 aliphatic rings. The first kappa shape index (κ1) is 25.0. The van der Waals surface area contributed by atoms with Gasteiger partial charge in [-0.25, -0.2) is 9.78 Å². The maximum absolute atomic E-state index is 11.3. The van der Waals surface area contributed by atoms with Crippen LogP contribution in [0.2, 0.25) is 0 Å². The van der Waals surface area contributed by atoms with E-state index in [0.717, 1.165) is 53.2 Å². The number of nitrogens with zero attached hydrogens (tertiary/aromatic N) is 6. The van der Waals surface area contributed by atoms with Crippen molar-refractivity contribution in [1.29, 1.82) is 0 Å². The first-order chi connectivity index (χ1) is 17.7. The van der Waals surface area contributed by atoms with Gasteiger partial charge in [-0.2, -0.15) is 5.21 Å². The van der Waals surface area contributed by atoms with Gasteiger partial charge < -0.3 is 14.5 Å². The molecule has 0 aliphatic heterocycles. The molecule has 4 rings (SSSR count). The first-order valence-electron chi connectivity index (χ1n) is 11.6. The van der Waals surface area contributed by atoms with Crippen molar-refractivity contribution >= 4 is 28.7 Å². The highest BCUT2D eigenvalue weighted by Crippen LogP contribution is 2.30. The number of aromatic nitrogens is 5. The van der Waals surface area contributed by atoms with Crippen LogP contribution in [0.5, 0.6) is 0 Å². The van der Waals surface area contributed by atoms with E-state index < -0.39 is 5.97 Å². The van der Waals surface area contributed by atoms with E-state index in [-0.39, 0.29) is 6.61 Å². The number of thiazole rings is 1. The highest BCUT2D eigenvalue weighted by molar-refractivity contribution is 7.13. The molecule has 0 fully saturated rings. The molecular formula is C25H27N7O3S. The van der Waals surface area contributed by atoms with Crippen molar-refractivity contribution in [1.82, 2.24) is 25.6 Å². The van der Waals surface area contributed by atoms with Crippen molar-refractivity contribution < 1.29 is 14.4 Å². The highest BCUT2D eigenvalue weighted by atomic mass is 32.1. The number of rotatable bonds is 12. The normalized spacial score (nSPS) is 11.1. The molecule has 0 saturated heterocycles. The molecule has 186 valence electrons. The number of ether oxygens (including phenoxy) is 1. The summed E-state index contributed by atoms with van der Waals surface area (Å²) in [6.07, 6.45) is 2.01. The van der Waals surface area contributed by atoms with Crippen molar-refractivity contribution in [3.8, 4) is 22.5 Å². The van der Waals surface area contributed by atoms with Crippen LogP contribution in [0.25, 0.3) is 22.5 Å². The summed E-state index contributed by atoms with van der Waals surface area (Å²) in [7, 11) is 0. The van der Waals surface area contributed by atoms with Gasteiger partial charge in [0.15, 0.2) is 18.0 Å². The Labute approximate surface area is 213 Å². The van der Waals surface area contributed by atoms with Gasteiger partial charge in [0.2, 0.25) is 5.82 Å². The quantitative estimate of drug-likeness (QED) is 0.170. The van der Waals surface area contributed by atoms with Crippen molar-refractivity contribution in [2.24, 2.45) is 5.16 Å². The average molecular weight is 506 g/mol. The molecule has 36 heavy (non-hydrogen) atoms. The summed E-state index contributed by atoms with van der Waals surface area (Å²) in [6, 6.07) is 16.5. The summed E-state index contributed by atoms with van der Waals surface area (Å²) in [6.45, 7) is 5.96. The number of hydrogen-bond donors (Lipinski definition) is 1. The Bertz CT molecular complexity index is 1270. The molecule has 10 nitrogen and oxygen atoms in total. The van der Waals surface area contributed by atoms with Gasteiger partial charge in [0.05, 0.1) is 12.3 Å². The van der Waals surface area contributed by atoms with Crippen LogP contribution in [0.4, 0.5) is 5.13 Å². The number of nitrogens with one attached hydrogen (secondary N) is 1. The highest BCUT2D eigenvalue weighted by Gasteiger charge is 2.14. The third-order valence-electron chi connectivity index (χ3n) is 5.19. The average Bonchev–Trinajstić information content (AvgIpc) is 3.60. The molecule has 0 radical (unpaired) electrons. The molecule has 2 heterocycles. The minimum Gasteiger partial charge on any atom is -0.462 e. The number of hydrogen-bond acceptors (Lipinski definition) is 10. The molecule has 0 spiro atoms. The molecule has 2 aromatic carbocycles. The van der Waals surface area contributed by atoms with E-state index in [1.807, 2.05) is 23.6 Å². The minimum atomic E-state index is -0.532. The van der Waals surface area contributed by atoms with Gasteiger partial charge in [-0.15, -0.1) is 21.5 Å². The molecule has 0 saturated carbocycles. The minimum absolute atomic E-state index is 0.181. The summed E-state index contributed by atoms with van der Waals surface area (Å²) in [5, 5.41) is 20.9. The van der Waals surface area contributed by atoms with Crippen molar-refractivity contribution in [2.75, 3.05) is 18.1 Å². The number of esters is 1. The van der Waals surface area contributed by atoms with Gasteiger partial charge in [-0.3, -0.25) is 0 Å². The second-order valence-corrected chi connectivity index (χ2v) is 8.62. The van der Waals surface area contributed by atoms with E-state index in [2.05, 4.69) is 67.9 Å². The van der Waals surface area contributed by atoms with Gasteiger partial charge in [0, 0.05) is 24.0 Å². The molecule has 0 bridgehead atoms. The third-order valence-corrected chi connectivity index (χ3v) is 6.14. The Kier molecular flexibility index (Phi) is 8.71. The zero-order valence-electron chi connectivity index (χ0n) is 20.1. The fourth-order valence-corrected chi connectivity index (χ4v) is 4.44. The Morgan fingerprint density at radius 2 is 1.94 bits per heavy atom. The van der Waals surface area contributed by atoms with Crippen LogP contribution in [-0.2, 0) is 27.5 Å². The van der Waals surface area contributed by atoms with Crippen LogP contribution >= 0.6 is 11.3 Å². The van der Waals surface area contributed by atoms with Crippen LogP contribution in [0.1, 0.15) is 31.5 Å². The van der Waals surface area contributed by atoms with Gasteiger partial charge in [0.1, 0.15) is 0 Å². The molecule has 0 aliphatic carbocycles. The van der Waals surface area contributed by atoms with Gasteiger partial charge >= 0.3 is 5.97 Å². The van der Waals surface area contributed by atoms with E-state index in [9.17, 15) is 4.79 Å². The zero-order chi connectivity index (χ0) is 25.2. The summed E-state index contributed by atoms with van der Waals surface area (Å²) in [5.41, 5.74) is 4.99. The van der Waals surface area contributed by atoms with Crippen molar-refractivity contribution in [3.63, 3.8) is 0 Å². The summed E-state index contributed by atoms with van der Waals surface area (Å²) in [5.74, 6) is 0.0360. The Balaban J connectivity index is 1.42. The second kappa shape index (κ2) is 12.5. The van der Waals surface area contributed by atoms with Gasteiger partial charge in [-0.05, 0) is 35.2 Å². The van der Waals surface area contributed by atoms with Crippen LogP contribution in [0.3, 0.4) is 0 Å². The number of aromatic amines is 1. The number of anilines is 1. The first-order valence-corrected chi connectivity index (χ1v) is 12.5. The van der Waals surface area contributed by atoms with Gasteiger partial charge in [0.25, 0.3) is 0 Å². The van der Waals surface area contributed by atoms with Crippen LogP contribution in [0, 0.1) is 0 Å². The summed E-state index contributed by atoms with van der Waals surface area (Å²) >= 11 is 1.56. The molecular weight excluding hydrogens is 478 g/mol. The summed E-state index contributed by atoms with van der Waals surface area (Å²) in [4.78, 5) is 23.4. The standard InChI is InChI=1S/C25H27N7O3S/c1-3-13-32(25-27-20(17-36-25)16-35-26-14-23(33)34-4-2)15-18-9-11-19(12-10-18)21-7-5-6-8-22(21)24-28-30-31-29-24/h5-12,14,17H,3-4,13,15-16H2,1-2H3,(H,28,29,30,31). The number of carbonyl (C=O) groups is 1. The summed E-state index contributed by atoms with van der Waals surface area (Å²) < 4.78 is 4.77. The van der Waals surface area contributed by atoms with E-state index in [1.165, 1.54) is 5.56 Å². The molecule has 0 atom stereocenters. The number of oxime groups is 1. The van der Waals surface area contributed by atoms with Crippen LogP contribution in [0.15, 0.2) is 59.1 Å². The van der Waals surface area contributed by atoms with Gasteiger partial charge in [-0.1, -0.05) is 60.6 Å². The molecule has 1 N–H and O–H groups in total. The van der Waals surface area contributed by atoms with E-state index in [4.69, 9.17) is 14.6 Å². The Hall–Kier alpha value is -4.12. The van der Waals surface area contributed by atoms with Crippen molar-refractivity contribution in [3.05, 3.63) is 65.2 Å². The fourth-order valence-electron chi connectivity index (χ4n) is 3.60. The zero-order valence-corrected chi connectivity index (χ0v) is 20.9. The van der Waals surface area contributed by atoms with E-state index in [0.29, 0.717) is 12.4 Å². The predicted octanol–water partition coefficient (Wildman–Crippen LogP) is 4.47. The topological polar surface area (TPSA) is 118 Å². The molecule has 2 aromatic heterocycles. The third kappa shape index (κ3) is 6.51. The number of benzene rings is 2. The van der Waals surface area contributed by atoms with Crippen LogP contribution < -0.4 is 4.90 Å². The molecule has 0 unspecified atom stereocenters. The fraction of sp³-hybridized carbons (Fsp3) is 0.280. The maximum Gasteiger partial charge on any atom is 0.352 e.